The second kappa shape index (κ2) is 5.36. The predicted octanol–water partition coefficient (Wildman–Crippen LogP) is 1.88. The fraction of sp³-hybridized carbons (Fsp3) is 0.615. The van der Waals surface area contributed by atoms with Crippen molar-refractivity contribution < 1.29 is 0 Å². The van der Waals surface area contributed by atoms with Crippen molar-refractivity contribution in [1.29, 1.82) is 0 Å². The van der Waals surface area contributed by atoms with Crippen LogP contribution in [0.1, 0.15) is 13.3 Å². The summed E-state index contributed by atoms with van der Waals surface area (Å²) in [5, 5.41) is 6.61. The summed E-state index contributed by atoms with van der Waals surface area (Å²) in [6.07, 6.45) is 1.18. The van der Waals surface area contributed by atoms with Gasteiger partial charge >= 0.3 is 0 Å². The number of hydrogen-bond donors (Lipinski definition) is 2. The fourth-order valence-electron chi connectivity index (χ4n) is 2.41. The van der Waals surface area contributed by atoms with E-state index in [0.29, 0.717) is 12.0 Å². The molecule has 1 aromatic rings. The highest BCUT2D eigenvalue weighted by Gasteiger charge is 2.24. The average Bonchev–Trinajstić information content (AvgIpc) is 2.33. The minimum absolute atomic E-state index is 0.533. The van der Waals surface area contributed by atoms with Crippen LogP contribution in [0.25, 0.3) is 0 Å². The van der Waals surface area contributed by atoms with Gasteiger partial charge in [-0.05, 0) is 38.1 Å². The molecule has 1 aliphatic rings. The summed E-state index contributed by atoms with van der Waals surface area (Å²) in [6.45, 7) is 4.62. The first-order valence-electron chi connectivity index (χ1n) is 6.29. The van der Waals surface area contributed by atoms with Crippen molar-refractivity contribution in [2.75, 3.05) is 37.8 Å². The molecule has 0 radical (unpaired) electrons. The molecule has 0 spiro atoms. The maximum Gasteiger partial charge on any atom is 0.128 e. The second-order valence-electron chi connectivity index (χ2n) is 4.94. The quantitative estimate of drug-likeness (QED) is 0.837. The van der Waals surface area contributed by atoms with Gasteiger partial charge in [0.25, 0.3) is 0 Å². The lowest BCUT2D eigenvalue weighted by Gasteiger charge is -2.35. The summed E-state index contributed by atoms with van der Waals surface area (Å²) in [4.78, 5) is 6.89. The van der Waals surface area contributed by atoms with Gasteiger partial charge in [0.2, 0.25) is 0 Å². The Bertz CT molecular complexity index is 366. The summed E-state index contributed by atoms with van der Waals surface area (Å²) in [7, 11) is 4.08. The molecular weight excluding hydrogens is 212 g/mol. The molecule has 94 valence electrons. The number of rotatable bonds is 3. The van der Waals surface area contributed by atoms with E-state index in [4.69, 9.17) is 0 Å². The molecule has 2 atom stereocenters. The molecule has 0 aliphatic carbocycles. The molecule has 0 amide bonds. The van der Waals surface area contributed by atoms with Crippen molar-refractivity contribution in [3.8, 4) is 0 Å². The highest BCUT2D eigenvalue weighted by Crippen LogP contribution is 2.20. The van der Waals surface area contributed by atoms with Crippen molar-refractivity contribution in [3.05, 3.63) is 18.2 Å². The van der Waals surface area contributed by atoms with E-state index in [1.165, 1.54) is 6.42 Å². The Kier molecular flexibility index (Phi) is 3.84. The summed E-state index contributed by atoms with van der Waals surface area (Å²) in [5.74, 6) is 2.54. The van der Waals surface area contributed by atoms with Gasteiger partial charge in [-0.15, -0.1) is 0 Å². The molecule has 2 rings (SSSR count). The zero-order valence-electron chi connectivity index (χ0n) is 10.9. The highest BCUT2D eigenvalue weighted by atomic mass is 15.1. The van der Waals surface area contributed by atoms with Gasteiger partial charge < -0.3 is 15.5 Å². The van der Waals surface area contributed by atoms with Gasteiger partial charge in [0.15, 0.2) is 0 Å². The minimum atomic E-state index is 0.533. The number of nitrogens with one attached hydrogen (secondary N) is 2. The number of pyridine rings is 1. The third-order valence-corrected chi connectivity index (χ3v) is 3.45. The smallest absolute Gasteiger partial charge is 0.128 e. The van der Waals surface area contributed by atoms with E-state index in [-0.39, 0.29) is 0 Å². The Morgan fingerprint density at radius 2 is 2.12 bits per heavy atom. The van der Waals surface area contributed by atoms with Crippen LogP contribution < -0.4 is 10.6 Å². The minimum Gasteiger partial charge on any atom is -0.373 e. The van der Waals surface area contributed by atoms with E-state index in [9.17, 15) is 0 Å². The molecule has 17 heavy (non-hydrogen) atoms. The normalized spacial score (nSPS) is 25.6. The molecule has 2 N–H and O–H groups in total. The van der Waals surface area contributed by atoms with Gasteiger partial charge in [-0.25, -0.2) is 4.98 Å². The molecule has 4 heteroatoms. The molecule has 2 heterocycles. The lowest BCUT2D eigenvalue weighted by atomic mass is 9.94. The molecule has 1 aliphatic heterocycles. The Labute approximate surface area is 103 Å². The Morgan fingerprint density at radius 3 is 2.82 bits per heavy atom. The average molecular weight is 234 g/mol. The van der Waals surface area contributed by atoms with Crippen molar-refractivity contribution in [1.82, 2.24) is 9.88 Å². The molecule has 0 aromatic carbocycles. The predicted molar refractivity (Wildman–Crippen MR) is 72.5 cm³/mol. The van der Waals surface area contributed by atoms with Crippen molar-refractivity contribution in [3.63, 3.8) is 0 Å². The number of anilines is 2. The van der Waals surface area contributed by atoms with Gasteiger partial charge in [0.05, 0.1) is 0 Å². The second-order valence-corrected chi connectivity index (χ2v) is 4.94. The van der Waals surface area contributed by atoms with E-state index < -0.39 is 0 Å². The lowest BCUT2D eigenvalue weighted by molar-refractivity contribution is 0.206. The molecule has 1 saturated heterocycles. The van der Waals surface area contributed by atoms with Gasteiger partial charge in [-0.3, -0.25) is 0 Å². The molecule has 2 unspecified atom stereocenters. The van der Waals surface area contributed by atoms with Crippen LogP contribution in [0.15, 0.2) is 18.2 Å². The number of nitrogens with zero attached hydrogens (tertiary/aromatic N) is 2. The number of piperidine rings is 1. The molecule has 0 saturated carbocycles. The van der Waals surface area contributed by atoms with Gasteiger partial charge in [0, 0.05) is 19.6 Å². The van der Waals surface area contributed by atoms with E-state index in [0.717, 1.165) is 24.7 Å². The lowest BCUT2D eigenvalue weighted by Crippen LogP contribution is -2.43. The maximum atomic E-state index is 4.50. The monoisotopic (exact) mass is 234 g/mol. The van der Waals surface area contributed by atoms with Crippen molar-refractivity contribution >= 4 is 11.6 Å². The Balaban J connectivity index is 2.00. The summed E-state index contributed by atoms with van der Waals surface area (Å²) in [5.41, 5.74) is 0. The summed E-state index contributed by atoms with van der Waals surface area (Å²) < 4.78 is 0. The first-order valence-corrected chi connectivity index (χ1v) is 6.29. The summed E-state index contributed by atoms with van der Waals surface area (Å²) >= 11 is 0. The topological polar surface area (TPSA) is 40.2 Å². The Morgan fingerprint density at radius 1 is 1.35 bits per heavy atom. The van der Waals surface area contributed by atoms with E-state index >= 15 is 0 Å². The third-order valence-electron chi connectivity index (χ3n) is 3.45. The number of aromatic nitrogens is 1. The standard InChI is InChI=1S/C13H22N4/c1-10-9-17(3)8-7-11(10)15-13-6-4-5-12(14-2)16-13/h4-6,10-11H,7-9H2,1-3H3,(H2,14,15,16). The SMILES string of the molecule is CNc1cccc(NC2CCN(C)CC2C)n1. The van der Waals surface area contributed by atoms with Gasteiger partial charge in [0.1, 0.15) is 11.6 Å². The molecule has 0 bridgehead atoms. The largest absolute Gasteiger partial charge is 0.373 e. The van der Waals surface area contributed by atoms with Crippen LogP contribution in [-0.4, -0.2) is 43.1 Å². The van der Waals surface area contributed by atoms with E-state index in [1.54, 1.807) is 0 Å². The first-order chi connectivity index (χ1) is 8.19. The van der Waals surface area contributed by atoms with Crippen LogP contribution in [0, 0.1) is 5.92 Å². The van der Waals surface area contributed by atoms with Crippen LogP contribution in [0.4, 0.5) is 11.6 Å². The molecular formula is C13H22N4. The van der Waals surface area contributed by atoms with Crippen LogP contribution in [0.5, 0.6) is 0 Å². The van der Waals surface area contributed by atoms with Crippen LogP contribution in [-0.2, 0) is 0 Å². The zero-order valence-corrected chi connectivity index (χ0v) is 10.9. The van der Waals surface area contributed by atoms with Crippen LogP contribution in [0.2, 0.25) is 0 Å². The molecule has 1 fully saturated rings. The van der Waals surface area contributed by atoms with Gasteiger partial charge in [-0.1, -0.05) is 13.0 Å². The third kappa shape index (κ3) is 3.09. The first kappa shape index (κ1) is 12.2. The van der Waals surface area contributed by atoms with Gasteiger partial charge in [-0.2, -0.15) is 0 Å². The zero-order chi connectivity index (χ0) is 12.3. The molecule has 4 nitrogen and oxygen atoms in total. The van der Waals surface area contributed by atoms with Crippen LogP contribution in [0.3, 0.4) is 0 Å². The Hall–Kier alpha value is -1.29. The van der Waals surface area contributed by atoms with Crippen molar-refractivity contribution in [2.24, 2.45) is 5.92 Å². The maximum absolute atomic E-state index is 4.50. The number of hydrogen-bond acceptors (Lipinski definition) is 4. The highest BCUT2D eigenvalue weighted by molar-refractivity contribution is 5.45. The number of likely N-dealkylation sites (tertiary alicyclic amines) is 1. The van der Waals surface area contributed by atoms with Crippen LogP contribution >= 0.6 is 0 Å². The van der Waals surface area contributed by atoms with E-state index in [1.807, 2.05) is 25.2 Å². The summed E-state index contributed by atoms with van der Waals surface area (Å²) in [6, 6.07) is 6.57. The van der Waals surface area contributed by atoms with Crippen molar-refractivity contribution in [2.45, 2.75) is 19.4 Å². The van der Waals surface area contributed by atoms with E-state index in [2.05, 4.69) is 34.5 Å². The fourth-order valence-corrected chi connectivity index (χ4v) is 2.41. The molecule has 1 aromatic heterocycles.